The third-order valence-corrected chi connectivity index (χ3v) is 3.30. The van der Waals surface area contributed by atoms with Gasteiger partial charge in [-0.15, -0.1) is 0 Å². The van der Waals surface area contributed by atoms with Crippen LogP contribution in [0.25, 0.3) is 0 Å². The summed E-state index contributed by atoms with van der Waals surface area (Å²) < 4.78 is 0. The van der Waals surface area contributed by atoms with Gasteiger partial charge in [0.05, 0.1) is 0 Å². The van der Waals surface area contributed by atoms with Gasteiger partial charge in [-0.05, 0) is 6.92 Å². The first-order valence-electron chi connectivity index (χ1n) is 6.64. The van der Waals surface area contributed by atoms with Crippen molar-refractivity contribution in [1.82, 2.24) is 15.3 Å². The van der Waals surface area contributed by atoms with Crippen molar-refractivity contribution in [2.24, 2.45) is 0 Å². The molecule has 104 valence electrons. The molecule has 0 radical (unpaired) electrons. The van der Waals surface area contributed by atoms with Gasteiger partial charge < -0.3 is 16.0 Å². The van der Waals surface area contributed by atoms with Crippen molar-refractivity contribution >= 4 is 17.5 Å². The molecule has 1 aliphatic rings. The number of nitrogens with two attached hydrogens (primary N) is 1. The van der Waals surface area contributed by atoms with E-state index >= 15 is 0 Å². The van der Waals surface area contributed by atoms with E-state index in [9.17, 15) is 4.79 Å². The lowest BCUT2D eigenvalue weighted by Crippen LogP contribution is -2.30. The summed E-state index contributed by atoms with van der Waals surface area (Å²) in [7, 11) is 0. The largest absolute Gasteiger partial charge is 0.383 e. The Balaban J connectivity index is 2.34. The minimum Gasteiger partial charge on any atom is -0.383 e. The topological polar surface area (TPSA) is 84.1 Å². The monoisotopic (exact) mass is 263 g/mol. The van der Waals surface area contributed by atoms with E-state index < -0.39 is 0 Å². The molecule has 0 atom stereocenters. The fourth-order valence-electron chi connectivity index (χ4n) is 2.08. The lowest BCUT2D eigenvalue weighted by atomic mass is 10.2. The van der Waals surface area contributed by atoms with Crippen molar-refractivity contribution in [2.45, 2.75) is 33.1 Å². The van der Waals surface area contributed by atoms with Crippen LogP contribution in [0.15, 0.2) is 0 Å². The number of anilines is 2. The quantitative estimate of drug-likeness (QED) is 0.825. The summed E-state index contributed by atoms with van der Waals surface area (Å²) >= 11 is 0. The lowest BCUT2D eigenvalue weighted by molar-refractivity contribution is -0.120. The molecule has 0 unspecified atom stereocenters. The second kappa shape index (κ2) is 5.42. The molecule has 19 heavy (non-hydrogen) atoms. The third kappa shape index (κ3) is 2.94. The number of carbonyl (C=O) groups is 1. The lowest BCUT2D eigenvalue weighted by Gasteiger charge is -2.24. The Morgan fingerprint density at radius 3 is 2.74 bits per heavy atom. The second-order valence-electron chi connectivity index (χ2n) is 5.16. The number of hydrogen-bond acceptors (Lipinski definition) is 5. The van der Waals surface area contributed by atoms with Gasteiger partial charge in [-0.2, -0.15) is 0 Å². The number of hydrogen-bond donors (Lipinski definition) is 2. The molecule has 2 rings (SSSR count). The standard InChI is InChI=1S/C13H21N5O/c1-8(2)12-16-11(14)9(3)13(17-12)18-6-4-10(19)15-5-7-18/h8H,4-7H2,1-3H3,(H,15,19)(H2,14,16,17). The maximum absolute atomic E-state index is 11.4. The first kappa shape index (κ1) is 13.6. The summed E-state index contributed by atoms with van der Waals surface area (Å²) in [5, 5.41) is 2.86. The van der Waals surface area contributed by atoms with Crippen LogP contribution in [0.3, 0.4) is 0 Å². The molecule has 0 bridgehead atoms. The van der Waals surface area contributed by atoms with Gasteiger partial charge in [0.2, 0.25) is 5.91 Å². The van der Waals surface area contributed by atoms with Crippen LogP contribution in [-0.4, -0.2) is 35.5 Å². The molecular weight excluding hydrogens is 242 g/mol. The summed E-state index contributed by atoms with van der Waals surface area (Å²) in [6, 6.07) is 0. The van der Waals surface area contributed by atoms with Gasteiger partial charge in [-0.1, -0.05) is 13.8 Å². The fraction of sp³-hybridized carbons (Fsp3) is 0.615. The van der Waals surface area contributed by atoms with Crippen LogP contribution in [0.1, 0.15) is 37.6 Å². The van der Waals surface area contributed by atoms with E-state index in [1.165, 1.54) is 0 Å². The van der Waals surface area contributed by atoms with E-state index in [4.69, 9.17) is 5.73 Å². The van der Waals surface area contributed by atoms with E-state index in [0.717, 1.165) is 23.8 Å². The van der Waals surface area contributed by atoms with Gasteiger partial charge in [0.15, 0.2) is 0 Å². The highest BCUT2D eigenvalue weighted by molar-refractivity contribution is 5.77. The highest BCUT2D eigenvalue weighted by Crippen LogP contribution is 2.24. The van der Waals surface area contributed by atoms with Gasteiger partial charge >= 0.3 is 0 Å². The second-order valence-corrected chi connectivity index (χ2v) is 5.16. The predicted octanol–water partition coefficient (Wildman–Crippen LogP) is 0.817. The fourth-order valence-corrected chi connectivity index (χ4v) is 2.08. The Morgan fingerprint density at radius 2 is 2.05 bits per heavy atom. The van der Waals surface area contributed by atoms with Crippen LogP contribution >= 0.6 is 0 Å². The number of nitrogens with one attached hydrogen (secondary N) is 1. The van der Waals surface area contributed by atoms with E-state index in [0.29, 0.717) is 25.3 Å². The maximum atomic E-state index is 11.4. The molecule has 1 aliphatic heterocycles. The zero-order chi connectivity index (χ0) is 14.0. The van der Waals surface area contributed by atoms with Crippen LogP contribution in [0.4, 0.5) is 11.6 Å². The Kier molecular flexibility index (Phi) is 3.87. The van der Waals surface area contributed by atoms with Crippen molar-refractivity contribution in [3.63, 3.8) is 0 Å². The van der Waals surface area contributed by atoms with Gasteiger partial charge in [-0.25, -0.2) is 9.97 Å². The van der Waals surface area contributed by atoms with E-state index in [1.807, 2.05) is 20.8 Å². The average molecular weight is 263 g/mol. The summed E-state index contributed by atoms with van der Waals surface area (Å²) in [6.45, 7) is 8.07. The van der Waals surface area contributed by atoms with Crippen LogP contribution < -0.4 is 16.0 Å². The van der Waals surface area contributed by atoms with Crippen molar-refractivity contribution in [3.05, 3.63) is 11.4 Å². The Labute approximate surface area is 113 Å². The maximum Gasteiger partial charge on any atom is 0.221 e. The molecule has 0 saturated carbocycles. The van der Waals surface area contributed by atoms with E-state index in [1.54, 1.807) is 0 Å². The molecule has 0 aliphatic carbocycles. The number of nitrogens with zero attached hydrogens (tertiary/aromatic N) is 3. The van der Waals surface area contributed by atoms with Gasteiger partial charge in [0, 0.05) is 37.5 Å². The summed E-state index contributed by atoms with van der Waals surface area (Å²) in [4.78, 5) is 22.4. The van der Waals surface area contributed by atoms with E-state index in [-0.39, 0.29) is 11.8 Å². The first-order valence-corrected chi connectivity index (χ1v) is 6.64. The van der Waals surface area contributed by atoms with Crippen molar-refractivity contribution in [1.29, 1.82) is 0 Å². The molecule has 3 N–H and O–H groups in total. The molecule has 0 spiro atoms. The molecule has 2 heterocycles. The van der Waals surface area contributed by atoms with Crippen LogP contribution in [-0.2, 0) is 4.79 Å². The van der Waals surface area contributed by atoms with Crippen molar-refractivity contribution in [2.75, 3.05) is 30.3 Å². The van der Waals surface area contributed by atoms with Crippen LogP contribution in [0.5, 0.6) is 0 Å². The Bertz CT molecular complexity index is 486. The smallest absolute Gasteiger partial charge is 0.221 e. The minimum absolute atomic E-state index is 0.0891. The molecule has 1 aromatic heterocycles. The molecule has 1 fully saturated rings. The van der Waals surface area contributed by atoms with E-state index in [2.05, 4.69) is 20.2 Å². The minimum atomic E-state index is 0.0891. The average Bonchev–Trinajstić information content (AvgIpc) is 2.57. The molecule has 1 amide bonds. The number of nitrogen functional groups attached to an aromatic ring is 1. The summed E-state index contributed by atoms with van der Waals surface area (Å²) in [6.07, 6.45) is 0.486. The zero-order valence-corrected chi connectivity index (χ0v) is 11.7. The molecule has 1 saturated heterocycles. The Morgan fingerprint density at radius 1 is 1.32 bits per heavy atom. The first-order chi connectivity index (χ1) is 8.99. The molecule has 0 aromatic carbocycles. The SMILES string of the molecule is Cc1c(N)nc(C(C)C)nc1N1CCNC(=O)CC1. The molecule has 1 aromatic rings. The van der Waals surface area contributed by atoms with Crippen LogP contribution in [0.2, 0.25) is 0 Å². The number of aromatic nitrogens is 2. The third-order valence-electron chi connectivity index (χ3n) is 3.30. The van der Waals surface area contributed by atoms with Gasteiger partial charge in [0.1, 0.15) is 17.5 Å². The molecule has 6 heteroatoms. The van der Waals surface area contributed by atoms with Gasteiger partial charge in [0.25, 0.3) is 0 Å². The number of amides is 1. The summed E-state index contributed by atoms with van der Waals surface area (Å²) in [5.41, 5.74) is 6.86. The Hall–Kier alpha value is -1.85. The number of rotatable bonds is 2. The van der Waals surface area contributed by atoms with Crippen LogP contribution in [0, 0.1) is 6.92 Å². The normalized spacial score (nSPS) is 16.4. The highest BCUT2D eigenvalue weighted by atomic mass is 16.1. The molecule has 6 nitrogen and oxygen atoms in total. The highest BCUT2D eigenvalue weighted by Gasteiger charge is 2.19. The van der Waals surface area contributed by atoms with Crippen molar-refractivity contribution in [3.8, 4) is 0 Å². The van der Waals surface area contributed by atoms with Crippen molar-refractivity contribution < 1.29 is 4.79 Å². The zero-order valence-electron chi connectivity index (χ0n) is 11.7. The predicted molar refractivity (Wildman–Crippen MR) is 75.1 cm³/mol. The molecular formula is C13H21N5O. The van der Waals surface area contributed by atoms with Gasteiger partial charge in [-0.3, -0.25) is 4.79 Å². The number of carbonyl (C=O) groups excluding carboxylic acids is 1. The summed E-state index contributed by atoms with van der Waals surface area (Å²) in [5.74, 6) is 2.45.